The zero-order chi connectivity index (χ0) is 28.7. The van der Waals surface area contributed by atoms with Crippen LogP contribution in [-0.2, 0) is 9.47 Å². The second-order valence-corrected chi connectivity index (χ2v) is 12.4. The highest BCUT2D eigenvalue weighted by atomic mass is 79.9. The van der Waals surface area contributed by atoms with Crippen LogP contribution in [0.2, 0.25) is 0 Å². The van der Waals surface area contributed by atoms with Crippen molar-refractivity contribution in [2.75, 3.05) is 40.5 Å². The van der Waals surface area contributed by atoms with E-state index in [1.54, 1.807) is 0 Å². The standard InChI is InChI=1S/C35H74N2O2.BrH/c1-5-7-9-11-13-15-17-19-21-23-25-27-31-38-33-35(34(29-30-36)37(3)4)39-32-28-26-24-22-20-18-16-14-12-10-8-6-2;/h34-35H,5-33,36H2,1-4H3;1H. The Morgan fingerprint density at radius 1 is 0.525 bits per heavy atom. The molecule has 0 saturated carbocycles. The molecule has 0 aromatic carbocycles. The highest BCUT2D eigenvalue weighted by Crippen LogP contribution is 2.15. The normalized spacial score (nSPS) is 13.1. The summed E-state index contributed by atoms with van der Waals surface area (Å²) in [6.45, 7) is 7.68. The Labute approximate surface area is 263 Å². The smallest absolute Gasteiger partial charge is 0.0963 e. The Morgan fingerprint density at radius 2 is 0.875 bits per heavy atom. The van der Waals surface area contributed by atoms with Gasteiger partial charge in [-0.15, -0.1) is 17.0 Å². The van der Waals surface area contributed by atoms with E-state index < -0.39 is 0 Å². The number of nitrogens with zero attached hydrogens (tertiary/aromatic N) is 1. The van der Waals surface area contributed by atoms with Crippen LogP contribution >= 0.6 is 17.0 Å². The molecule has 2 unspecified atom stereocenters. The Kier molecular flexibility index (Phi) is 37.7. The lowest BCUT2D eigenvalue weighted by Gasteiger charge is -2.32. The molecule has 244 valence electrons. The van der Waals surface area contributed by atoms with E-state index in [2.05, 4.69) is 32.8 Å². The third-order valence-electron chi connectivity index (χ3n) is 8.31. The first-order valence-corrected chi connectivity index (χ1v) is 17.7. The van der Waals surface area contributed by atoms with E-state index in [-0.39, 0.29) is 23.1 Å². The van der Waals surface area contributed by atoms with Crippen LogP contribution in [0.1, 0.15) is 174 Å². The van der Waals surface area contributed by atoms with Gasteiger partial charge in [-0.2, -0.15) is 0 Å². The number of rotatable bonds is 33. The van der Waals surface area contributed by atoms with Crippen molar-refractivity contribution in [3.05, 3.63) is 0 Å². The number of hydrogen-bond donors (Lipinski definition) is 1. The monoisotopic (exact) mass is 635 g/mol. The van der Waals surface area contributed by atoms with Crippen molar-refractivity contribution >= 4 is 17.0 Å². The summed E-state index contributed by atoms with van der Waals surface area (Å²) in [6, 6.07) is 0.328. The predicted octanol–water partition coefficient (Wildman–Crippen LogP) is 10.6. The molecule has 0 aromatic heterocycles. The minimum atomic E-state index is 0. The molecule has 0 aliphatic rings. The van der Waals surface area contributed by atoms with E-state index in [4.69, 9.17) is 15.2 Å². The first kappa shape index (κ1) is 42.5. The van der Waals surface area contributed by atoms with Gasteiger partial charge in [0.2, 0.25) is 0 Å². The lowest BCUT2D eigenvalue weighted by Crippen LogP contribution is -2.44. The molecule has 2 atom stereocenters. The third kappa shape index (κ3) is 29.8. The lowest BCUT2D eigenvalue weighted by molar-refractivity contribution is -0.0566. The second-order valence-electron chi connectivity index (χ2n) is 12.4. The van der Waals surface area contributed by atoms with Crippen LogP contribution in [0, 0.1) is 0 Å². The number of nitrogens with two attached hydrogens (primary N) is 1. The molecule has 0 fully saturated rings. The van der Waals surface area contributed by atoms with Gasteiger partial charge in [0.15, 0.2) is 0 Å². The molecule has 0 heterocycles. The van der Waals surface area contributed by atoms with Gasteiger partial charge in [-0.1, -0.05) is 155 Å². The van der Waals surface area contributed by atoms with Gasteiger partial charge in [0, 0.05) is 19.3 Å². The summed E-state index contributed by atoms with van der Waals surface area (Å²) in [5, 5.41) is 0. The van der Waals surface area contributed by atoms with Gasteiger partial charge in [-0.3, -0.25) is 0 Å². The SMILES string of the molecule is Br.CCCCCCCCCCCCCCOCC(OCCCCCCCCCCCCCC)C(CCN)N(C)C. The Morgan fingerprint density at radius 3 is 1.23 bits per heavy atom. The quantitative estimate of drug-likeness (QED) is 0.0729. The number of likely N-dealkylation sites (N-methyl/N-ethyl adjacent to an activating group) is 1. The van der Waals surface area contributed by atoms with Crippen LogP contribution < -0.4 is 5.73 Å². The fourth-order valence-electron chi connectivity index (χ4n) is 5.64. The van der Waals surface area contributed by atoms with Crippen molar-refractivity contribution < 1.29 is 9.47 Å². The summed E-state index contributed by atoms with van der Waals surface area (Å²) in [6.07, 6.45) is 34.1. The van der Waals surface area contributed by atoms with E-state index >= 15 is 0 Å². The van der Waals surface area contributed by atoms with Gasteiger partial charge in [-0.05, 0) is 39.9 Å². The number of ether oxygens (including phenoxy) is 2. The number of halogens is 1. The molecule has 2 N–H and O–H groups in total. The first-order chi connectivity index (χ1) is 19.2. The molecule has 0 spiro atoms. The lowest BCUT2D eigenvalue weighted by atomic mass is 10.1. The molecule has 40 heavy (non-hydrogen) atoms. The van der Waals surface area contributed by atoms with Gasteiger partial charge in [0.05, 0.1) is 12.7 Å². The zero-order valence-corrected chi connectivity index (χ0v) is 29.6. The molecular formula is C35H75BrN2O2. The van der Waals surface area contributed by atoms with Gasteiger partial charge >= 0.3 is 0 Å². The van der Waals surface area contributed by atoms with Gasteiger partial charge in [0.1, 0.15) is 0 Å². The van der Waals surface area contributed by atoms with Crippen LogP contribution in [0.25, 0.3) is 0 Å². The molecule has 0 aliphatic carbocycles. The molecule has 4 nitrogen and oxygen atoms in total. The van der Waals surface area contributed by atoms with Crippen molar-refractivity contribution in [3.63, 3.8) is 0 Å². The van der Waals surface area contributed by atoms with E-state index in [0.29, 0.717) is 19.2 Å². The topological polar surface area (TPSA) is 47.7 Å². The highest BCUT2D eigenvalue weighted by molar-refractivity contribution is 8.93. The van der Waals surface area contributed by atoms with Crippen molar-refractivity contribution in [1.82, 2.24) is 4.90 Å². The first-order valence-electron chi connectivity index (χ1n) is 17.7. The minimum absolute atomic E-state index is 0. The summed E-state index contributed by atoms with van der Waals surface area (Å²) >= 11 is 0. The molecule has 0 aliphatic heterocycles. The average molecular weight is 636 g/mol. The molecular weight excluding hydrogens is 560 g/mol. The molecule has 0 saturated heterocycles. The third-order valence-corrected chi connectivity index (χ3v) is 8.31. The number of unbranched alkanes of at least 4 members (excludes halogenated alkanes) is 22. The molecule has 0 aromatic rings. The maximum atomic E-state index is 6.40. The molecule has 0 rings (SSSR count). The minimum Gasteiger partial charge on any atom is -0.379 e. The summed E-state index contributed by atoms with van der Waals surface area (Å²) in [4.78, 5) is 2.27. The van der Waals surface area contributed by atoms with E-state index in [1.165, 1.54) is 148 Å². The largest absolute Gasteiger partial charge is 0.379 e. The molecule has 0 amide bonds. The Balaban J connectivity index is 0. The predicted molar refractivity (Wildman–Crippen MR) is 184 cm³/mol. The molecule has 5 heteroatoms. The summed E-state index contributed by atoms with van der Waals surface area (Å²) < 4.78 is 12.5. The zero-order valence-electron chi connectivity index (χ0n) is 27.9. The maximum Gasteiger partial charge on any atom is 0.0963 e. The Hall–Kier alpha value is 0.320. The fraction of sp³-hybridized carbons (Fsp3) is 1.00. The van der Waals surface area contributed by atoms with Crippen LogP contribution in [0.3, 0.4) is 0 Å². The average Bonchev–Trinajstić information content (AvgIpc) is 2.93. The van der Waals surface area contributed by atoms with Crippen LogP contribution in [0.5, 0.6) is 0 Å². The fourth-order valence-corrected chi connectivity index (χ4v) is 5.64. The molecule has 0 radical (unpaired) electrons. The second kappa shape index (κ2) is 35.5. The Bertz CT molecular complexity index is 453. The van der Waals surface area contributed by atoms with Gasteiger partial charge < -0.3 is 20.1 Å². The van der Waals surface area contributed by atoms with Crippen molar-refractivity contribution in [2.24, 2.45) is 5.73 Å². The van der Waals surface area contributed by atoms with Crippen LogP contribution in [0.15, 0.2) is 0 Å². The van der Waals surface area contributed by atoms with Crippen LogP contribution in [-0.4, -0.2) is 57.5 Å². The van der Waals surface area contributed by atoms with Crippen molar-refractivity contribution in [1.29, 1.82) is 0 Å². The summed E-state index contributed by atoms with van der Waals surface area (Å²) in [7, 11) is 4.29. The van der Waals surface area contributed by atoms with E-state index in [0.717, 1.165) is 26.1 Å². The van der Waals surface area contributed by atoms with Crippen molar-refractivity contribution in [3.8, 4) is 0 Å². The van der Waals surface area contributed by atoms with Crippen LogP contribution in [0.4, 0.5) is 0 Å². The van der Waals surface area contributed by atoms with Crippen molar-refractivity contribution in [2.45, 2.75) is 187 Å². The molecule has 0 bridgehead atoms. The maximum absolute atomic E-state index is 6.40. The van der Waals surface area contributed by atoms with Gasteiger partial charge in [0.25, 0.3) is 0 Å². The van der Waals surface area contributed by atoms with E-state index in [1.807, 2.05) is 0 Å². The highest BCUT2D eigenvalue weighted by Gasteiger charge is 2.24. The summed E-state index contributed by atoms with van der Waals surface area (Å²) in [5.74, 6) is 0. The van der Waals surface area contributed by atoms with E-state index in [9.17, 15) is 0 Å². The van der Waals surface area contributed by atoms with Gasteiger partial charge in [-0.25, -0.2) is 0 Å². The number of hydrogen-bond acceptors (Lipinski definition) is 4. The summed E-state index contributed by atoms with van der Waals surface area (Å²) in [5.41, 5.74) is 5.94.